The molecule has 4 aliphatic carbocycles. The maximum absolute atomic E-state index is 11.5. The normalized spacial score (nSPS) is 56.9. The second-order valence-corrected chi connectivity index (χ2v) is 11.1. The van der Waals surface area contributed by atoms with Gasteiger partial charge in [-0.05, 0) is 105 Å². The average Bonchev–Trinajstić information content (AvgIpc) is 2.99. The van der Waals surface area contributed by atoms with E-state index in [-0.39, 0.29) is 28.4 Å². The van der Waals surface area contributed by atoms with Gasteiger partial charge in [-0.2, -0.15) is 0 Å². The highest BCUT2D eigenvalue weighted by atomic mass is 16.3. The van der Waals surface area contributed by atoms with Gasteiger partial charge in [-0.1, -0.05) is 33.6 Å². The molecule has 4 aliphatic rings. The highest BCUT2D eigenvalue weighted by Gasteiger charge is 2.62. The molecule has 1 N–H and O–H groups in total. The fourth-order valence-electron chi connectivity index (χ4n) is 8.22. The zero-order chi connectivity index (χ0) is 21.2. The maximum atomic E-state index is 11.5. The summed E-state index contributed by atoms with van der Waals surface area (Å²) in [5.41, 5.74) is 0.133. The predicted octanol–water partition coefficient (Wildman–Crippen LogP) is 6.01. The van der Waals surface area contributed by atoms with E-state index in [0.717, 1.165) is 38.5 Å². The third-order valence-corrected chi connectivity index (χ3v) is 9.79. The second kappa shape index (κ2) is 7.15. The smallest absolute Gasteiger partial charge is 0.129 e. The first-order valence-corrected chi connectivity index (χ1v) is 11.7. The van der Waals surface area contributed by atoms with Gasteiger partial charge in [-0.15, -0.1) is 0 Å². The van der Waals surface area contributed by atoms with Crippen LogP contribution in [0.5, 0.6) is 0 Å². The molecular formula is C25H42O2. The molecule has 27 heavy (non-hydrogen) atoms. The number of carbonyl (C=O) groups excluding carboxylic acids is 1. The second-order valence-electron chi connectivity index (χ2n) is 11.1. The van der Waals surface area contributed by atoms with Crippen molar-refractivity contribution in [1.82, 2.24) is 0 Å². The minimum absolute atomic E-state index is 0.0152. The first-order valence-electron chi connectivity index (χ1n) is 12.7. The number of ketones is 1. The molecule has 2 nitrogen and oxygen atoms in total. The summed E-state index contributed by atoms with van der Waals surface area (Å²) in [6, 6.07) is 0. The topological polar surface area (TPSA) is 37.3 Å². The summed E-state index contributed by atoms with van der Waals surface area (Å²) in [7, 11) is 0. The highest BCUT2D eigenvalue weighted by Crippen LogP contribution is 2.68. The zero-order valence-electron chi connectivity index (χ0n) is 20.0. The summed E-state index contributed by atoms with van der Waals surface area (Å²) >= 11 is 0. The average molecular weight is 377 g/mol. The van der Waals surface area contributed by atoms with Gasteiger partial charge in [0.25, 0.3) is 0 Å². The van der Waals surface area contributed by atoms with E-state index in [9.17, 15) is 11.3 Å². The van der Waals surface area contributed by atoms with Crippen LogP contribution in [0.2, 0.25) is 0 Å². The van der Waals surface area contributed by atoms with E-state index in [0.29, 0.717) is 30.6 Å². The summed E-state index contributed by atoms with van der Waals surface area (Å²) in [6.07, 6.45) is 9.33. The van der Waals surface area contributed by atoms with Crippen LogP contribution in [-0.2, 0) is 4.79 Å². The number of Topliss-reactive ketones (excluding diaryl/α,β-unsaturated/α-hetero) is 1. The van der Waals surface area contributed by atoms with Crippen molar-refractivity contribution in [2.24, 2.45) is 46.3 Å². The van der Waals surface area contributed by atoms with E-state index >= 15 is 0 Å². The van der Waals surface area contributed by atoms with E-state index in [2.05, 4.69) is 20.8 Å². The molecule has 0 heterocycles. The SMILES string of the molecule is [2H][C@]12C3CC[C@H](C(C)CCC(C)=O)[C@@]3(C)CCC1[C@@]1(C)CCCC[C@H]1C[C@@]2([2H])O. The van der Waals surface area contributed by atoms with Crippen molar-refractivity contribution in [2.45, 2.75) is 104 Å². The summed E-state index contributed by atoms with van der Waals surface area (Å²) in [4.78, 5) is 11.5. The van der Waals surface area contributed by atoms with Gasteiger partial charge in [0.15, 0.2) is 0 Å². The molecule has 4 rings (SSSR count). The van der Waals surface area contributed by atoms with Gasteiger partial charge in [0.1, 0.15) is 5.78 Å². The van der Waals surface area contributed by atoms with Gasteiger partial charge in [-0.25, -0.2) is 0 Å². The van der Waals surface area contributed by atoms with Crippen LogP contribution in [0, 0.1) is 46.3 Å². The van der Waals surface area contributed by atoms with Gasteiger partial charge in [0.2, 0.25) is 0 Å². The molecule has 3 unspecified atom stereocenters. The zero-order valence-corrected chi connectivity index (χ0v) is 18.0. The third-order valence-electron chi connectivity index (χ3n) is 9.79. The van der Waals surface area contributed by atoms with Gasteiger partial charge < -0.3 is 9.90 Å². The van der Waals surface area contributed by atoms with E-state index in [1.165, 1.54) is 19.3 Å². The molecule has 2 heteroatoms. The Morgan fingerprint density at radius 2 is 1.85 bits per heavy atom. The van der Waals surface area contributed by atoms with Crippen LogP contribution in [0.15, 0.2) is 0 Å². The van der Waals surface area contributed by atoms with Crippen LogP contribution >= 0.6 is 0 Å². The molecular weight excluding hydrogens is 332 g/mol. The Hall–Kier alpha value is -0.370. The van der Waals surface area contributed by atoms with Crippen molar-refractivity contribution in [3.63, 3.8) is 0 Å². The third kappa shape index (κ3) is 3.13. The molecule has 0 aromatic carbocycles. The Bertz CT molecular complexity index is 663. The number of hydrogen-bond donors (Lipinski definition) is 1. The van der Waals surface area contributed by atoms with Gasteiger partial charge >= 0.3 is 0 Å². The number of aliphatic hydroxyl groups is 1. The van der Waals surface area contributed by atoms with Crippen molar-refractivity contribution in [3.8, 4) is 0 Å². The lowest BCUT2D eigenvalue weighted by atomic mass is 9.44. The van der Waals surface area contributed by atoms with Gasteiger partial charge in [0.05, 0.1) is 7.45 Å². The Morgan fingerprint density at radius 1 is 1.11 bits per heavy atom. The van der Waals surface area contributed by atoms with E-state index < -0.39 is 12.0 Å². The quantitative estimate of drug-likeness (QED) is 0.652. The molecule has 4 saturated carbocycles. The van der Waals surface area contributed by atoms with Crippen LogP contribution < -0.4 is 0 Å². The number of rotatable bonds is 4. The number of fused-ring (bicyclic) bond motifs is 5. The molecule has 154 valence electrons. The summed E-state index contributed by atoms with van der Waals surface area (Å²) in [5.74, 6) is 0.816. The molecule has 0 aliphatic heterocycles. The van der Waals surface area contributed by atoms with Crippen LogP contribution in [0.3, 0.4) is 0 Å². The van der Waals surface area contributed by atoms with Gasteiger partial charge in [0, 0.05) is 7.79 Å². The molecule has 0 aromatic heterocycles. The number of carbonyl (C=O) groups is 1. The summed E-state index contributed by atoms with van der Waals surface area (Å²) < 4.78 is 18.8. The molecule has 0 spiro atoms. The monoisotopic (exact) mass is 376 g/mol. The molecule has 0 aromatic rings. The first-order chi connectivity index (χ1) is 13.5. The molecule has 9 atom stereocenters. The highest BCUT2D eigenvalue weighted by molar-refractivity contribution is 5.75. The van der Waals surface area contributed by atoms with Crippen molar-refractivity contribution in [2.75, 3.05) is 0 Å². The summed E-state index contributed by atoms with van der Waals surface area (Å²) in [6.45, 7) is 8.72. The Morgan fingerprint density at radius 3 is 2.59 bits per heavy atom. The fraction of sp³-hybridized carbons (Fsp3) is 0.960. The lowest BCUT2D eigenvalue weighted by Gasteiger charge is -2.62. The van der Waals surface area contributed by atoms with Crippen LogP contribution in [-0.4, -0.2) is 17.0 Å². The van der Waals surface area contributed by atoms with Gasteiger partial charge in [-0.3, -0.25) is 0 Å². The minimum Gasteiger partial charge on any atom is -0.393 e. The van der Waals surface area contributed by atoms with Crippen molar-refractivity contribution >= 4 is 5.78 Å². The van der Waals surface area contributed by atoms with Crippen LogP contribution in [0.1, 0.15) is 101 Å². The minimum atomic E-state index is -1.64. The van der Waals surface area contributed by atoms with Crippen molar-refractivity contribution in [3.05, 3.63) is 0 Å². The Kier molecular flexibility index (Phi) is 4.63. The molecule has 0 radical (unpaired) electrons. The molecule has 0 bridgehead atoms. The lowest BCUT2D eigenvalue weighted by Crippen LogP contribution is -2.57. The van der Waals surface area contributed by atoms with Crippen LogP contribution in [0.25, 0.3) is 0 Å². The molecule has 4 fully saturated rings. The first kappa shape index (κ1) is 17.5. The van der Waals surface area contributed by atoms with Crippen molar-refractivity contribution < 1.29 is 12.6 Å². The summed E-state index contributed by atoms with van der Waals surface area (Å²) in [5, 5.41) is 11.5. The standard InChI is InChI=1S/C25H42O2/c1-16(8-9-17(2)26)19-10-11-20-23-21(12-14-25(19,20)4)24(3)13-6-5-7-18(24)15-22(23)27/h16,18-23,27H,5-15H2,1-4H3/t16?,18-,19+,20?,21?,22+,23-,24-,25+/m0/s1/i22D,23D. The fourth-order valence-corrected chi connectivity index (χ4v) is 8.22. The predicted molar refractivity (Wildman–Crippen MR) is 110 cm³/mol. The maximum Gasteiger partial charge on any atom is 0.129 e. The van der Waals surface area contributed by atoms with Crippen molar-refractivity contribution in [1.29, 1.82) is 0 Å². The Labute approximate surface area is 169 Å². The largest absolute Gasteiger partial charge is 0.393 e. The van der Waals surface area contributed by atoms with E-state index in [4.69, 9.17) is 1.37 Å². The number of hydrogen-bond acceptors (Lipinski definition) is 2. The molecule has 0 saturated heterocycles. The molecule has 0 amide bonds. The van der Waals surface area contributed by atoms with E-state index in [1.807, 2.05) is 0 Å². The lowest BCUT2D eigenvalue weighted by molar-refractivity contribution is -0.164. The Balaban J connectivity index is 1.67. The van der Waals surface area contributed by atoms with E-state index in [1.54, 1.807) is 6.92 Å². The van der Waals surface area contributed by atoms with Crippen LogP contribution in [0.4, 0.5) is 0 Å².